The van der Waals surface area contributed by atoms with Crippen LogP contribution in [0, 0.1) is 0 Å². The molecule has 4 nitrogen and oxygen atoms in total. The molecule has 3 aromatic rings. The van der Waals surface area contributed by atoms with Gasteiger partial charge in [0, 0.05) is 10.0 Å². The summed E-state index contributed by atoms with van der Waals surface area (Å²) in [7, 11) is 1.49. The molecule has 0 saturated carbocycles. The van der Waals surface area contributed by atoms with Crippen LogP contribution in [0.4, 0.5) is 0 Å². The molecule has 3 aromatic carbocycles. The molecule has 0 aliphatic carbocycles. The van der Waals surface area contributed by atoms with Crippen LogP contribution in [0.5, 0.6) is 11.5 Å². The highest BCUT2D eigenvalue weighted by atomic mass is 79.9. The van der Waals surface area contributed by atoms with Crippen molar-refractivity contribution in [3.05, 3.63) is 100 Å². The number of carbonyl (C=O) groups excluding carboxylic acids is 2. The highest BCUT2D eigenvalue weighted by Gasteiger charge is 2.12. The molecule has 5 heteroatoms. The number of hydrogen-bond donors (Lipinski definition) is 0. The number of ketones is 1. The van der Waals surface area contributed by atoms with Gasteiger partial charge in [-0.2, -0.15) is 0 Å². The van der Waals surface area contributed by atoms with E-state index in [-0.39, 0.29) is 5.78 Å². The van der Waals surface area contributed by atoms with Crippen molar-refractivity contribution in [1.29, 1.82) is 0 Å². The Hall–Kier alpha value is -3.18. The van der Waals surface area contributed by atoms with Crippen LogP contribution in [0.1, 0.15) is 26.3 Å². The number of esters is 1. The minimum Gasteiger partial charge on any atom is -0.493 e. The van der Waals surface area contributed by atoms with E-state index in [9.17, 15) is 9.59 Å². The van der Waals surface area contributed by atoms with E-state index in [4.69, 9.17) is 9.47 Å². The van der Waals surface area contributed by atoms with Gasteiger partial charge in [-0.25, -0.2) is 4.79 Å². The molecule has 0 aromatic heterocycles. The predicted molar refractivity (Wildman–Crippen MR) is 112 cm³/mol. The second-order valence-electron chi connectivity index (χ2n) is 5.87. The van der Waals surface area contributed by atoms with Crippen molar-refractivity contribution in [2.24, 2.45) is 0 Å². The summed E-state index contributed by atoms with van der Waals surface area (Å²) < 4.78 is 11.6. The van der Waals surface area contributed by atoms with Crippen molar-refractivity contribution in [3.8, 4) is 11.5 Å². The average molecular weight is 437 g/mol. The van der Waals surface area contributed by atoms with E-state index in [1.54, 1.807) is 60.7 Å². The van der Waals surface area contributed by atoms with Crippen molar-refractivity contribution >= 4 is 33.8 Å². The highest BCUT2D eigenvalue weighted by molar-refractivity contribution is 9.10. The molecule has 0 amide bonds. The Morgan fingerprint density at radius 1 is 0.857 bits per heavy atom. The number of ether oxygens (including phenoxy) is 2. The van der Waals surface area contributed by atoms with E-state index >= 15 is 0 Å². The van der Waals surface area contributed by atoms with Gasteiger partial charge in [-0.15, -0.1) is 0 Å². The van der Waals surface area contributed by atoms with Crippen molar-refractivity contribution in [2.75, 3.05) is 7.11 Å². The molecular formula is C23H17BrO4. The van der Waals surface area contributed by atoms with Gasteiger partial charge in [-0.05, 0) is 48.0 Å². The molecule has 140 valence electrons. The number of allylic oxidation sites excluding steroid dienone is 1. The third kappa shape index (κ3) is 4.96. The van der Waals surface area contributed by atoms with Gasteiger partial charge in [0.25, 0.3) is 0 Å². The molecule has 0 spiro atoms. The maximum absolute atomic E-state index is 12.3. The van der Waals surface area contributed by atoms with Crippen LogP contribution in [-0.2, 0) is 0 Å². The number of rotatable bonds is 6. The molecule has 28 heavy (non-hydrogen) atoms. The summed E-state index contributed by atoms with van der Waals surface area (Å²) in [6, 6.07) is 21.0. The van der Waals surface area contributed by atoms with E-state index in [0.29, 0.717) is 22.6 Å². The molecule has 0 fully saturated rings. The molecule has 0 heterocycles. The number of methoxy groups -OCH3 is 1. The Morgan fingerprint density at radius 3 is 2.25 bits per heavy atom. The number of hydrogen-bond acceptors (Lipinski definition) is 4. The Bertz CT molecular complexity index is 1010. The fraction of sp³-hybridized carbons (Fsp3) is 0.0435. The van der Waals surface area contributed by atoms with Crippen LogP contribution in [-0.4, -0.2) is 18.9 Å². The summed E-state index contributed by atoms with van der Waals surface area (Å²) in [6.45, 7) is 0. The molecule has 0 saturated heterocycles. The monoisotopic (exact) mass is 436 g/mol. The quantitative estimate of drug-likeness (QED) is 0.219. The zero-order valence-corrected chi connectivity index (χ0v) is 16.7. The Morgan fingerprint density at radius 2 is 1.57 bits per heavy atom. The first-order valence-electron chi connectivity index (χ1n) is 8.50. The maximum atomic E-state index is 12.3. The molecule has 0 bridgehead atoms. The third-order valence-corrected chi connectivity index (χ3v) is 4.48. The fourth-order valence-corrected chi connectivity index (χ4v) is 2.75. The van der Waals surface area contributed by atoms with Crippen LogP contribution in [0.2, 0.25) is 0 Å². The minimum absolute atomic E-state index is 0.0923. The average Bonchev–Trinajstić information content (AvgIpc) is 2.73. The van der Waals surface area contributed by atoms with Gasteiger partial charge in [-0.3, -0.25) is 4.79 Å². The van der Waals surface area contributed by atoms with Crippen molar-refractivity contribution < 1.29 is 19.1 Å². The largest absolute Gasteiger partial charge is 0.493 e. The van der Waals surface area contributed by atoms with Gasteiger partial charge in [0.15, 0.2) is 17.3 Å². The van der Waals surface area contributed by atoms with E-state index in [1.807, 2.05) is 18.2 Å². The lowest BCUT2D eigenvalue weighted by Crippen LogP contribution is -2.09. The van der Waals surface area contributed by atoms with Crippen molar-refractivity contribution in [2.45, 2.75) is 0 Å². The van der Waals surface area contributed by atoms with E-state index < -0.39 is 5.97 Å². The molecule has 0 atom stereocenters. The Balaban J connectivity index is 1.75. The van der Waals surface area contributed by atoms with Crippen LogP contribution < -0.4 is 9.47 Å². The molecule has 0 N–H and O–H groups in total. The van der Waals surface area contributed by atoms with E-state index in [0.717, 1.165) is 10.0 Å². The summed E-state index contributed by atoms with van der Waals surface area (Å²) in [5, 5.41) is 0. The fourth-order valence-electron chi connectivity index (χ4n) is 2.49. The standard InChI is InChI=1S/C23H17BrO4/c1-27-22-15-16(7-13-20(25)17-5-3-2-4-6-17)8-14-21(22)28-23(26)18-9-11-19(24)12-10-18/h2-15H,1H3. The zero-order chi connectivity index (χ0) is 19.9. The minimum atomic E-state index is -0.478. The van der Waals surface area contributed by atoms with Gasteiger partial charge >= 0.3 is 5.97 Å². The smallest absolute Gasteiger partial charge is 0.343 e. The first-order valence-corrected chi connectivity index (χ1v) is 9.29. The van der Waals surface area contributed by atoms with Crippen molar-refractivity contribution in [1.82, 2.24) is 0 Å². The predicted octanol–water partition coefficient (Wildman–Crippen LogP) is 5.57. The summed E-state index contributed by atoms with van der Waals surface area (Å²) in [6.07, 6.45) is 3.19. The first kappa shape index (κ1) is 19.6. The highest BCUT2D eigenvalue weighted by Crippen LogP contribution is 2.29. The molecule has 0 aliphatic rings. The maximum Gasteiger partial charge on any atom is 0.343 e. The Kier molecular flexibility index (Phi) is 6.40. The number of halogens is 1. The molecule has 0 radical (unpaired) electrons. The first-order chi connectivity index (χ1) is 13.6. The van der Waals surface area contributed by atoms with E-state index in [2.05, 4.69) is 15.9 Å². The van der Waals surface area contributed by atoms with Gasteiger partial charge in [-0.1, -0.05) is 58.4 Å². The molecular weight excluding hydrogens is 420 g/mol. The van der Waals surface area contributed by atoms with Crippen molar-refractivity contribution in [3.63, 3.8) is 0 Å². The summed E-state index contributed by atoms with van der Waals surface area (Å²) >= 11 is 3.33. The van der Waals surface area contributed by atoms with Crippen LogP contribution >= 0.6 is 15.9 Å². The second-order valence-corrected chi connectivity index (χ2v) is 6.79. The van der Waals surface area contributed by atoms with Gasteiger partial charge < -0.3 is 9.47 Å². The molecule has 0 unspecified atom stereocenters. The van der Waals surface area contributed by atoms with Crippen LogP contribution in [0.3, 0.4) is 0 Å². The summed E-state index contributed by atoms with van der Waals surface area (Å²) in [4.78, 5) is 24.5. The summed E-state index contributed by atoms with van der Waals surface area (Å²) in [5.41, 5.74) is 1.80. The summed E-state index contributed by atoms with van der Waals surface area (Å²) in [5.74, 6) is 0.139. The van der Waals surface area contributed by atoms with Crippen LogP contribution in [0.25, 0.3) is 6.08 Å². The lowest BCUT2D eigenvalue weighted by Gasteiger charge is -2.10. The normalized spacial score (nSPS) is 10.6. The van der Waals surface area contributed by atoms with Gasteiger partial charge in [0.05, 0.1) is 12.7 Å². The Labute approximate surface area is 171 Å². The topological polar surface area (TPSA) is 52.6 Å². The third-order valence-electron chi connectivity index (χ3n) is 3.96. The van der Waals surface area contributed by atoms with Gasteiger partial charge in [0.2, 0.25) is 0 Å². The van der Waals surface area contributed by atoms with Gasteiger partial charge in [0.1, 0.15) is 0 Å². The van der Waals surface area contributed by atoms with Crippen LogP contribution in [0.15, 0.2) is 83.3 Å². The lowest BCUT2D eigenvalue weighted by atomic mass is 10.1. The SMILES string of the molecule is COc1cc(C=CC(=O)c2ccccc2)ccc1OC(=O)c1ccc(Br)cc1. The lowest BCUT2D eigenvalue weighted by molar-refractivity contribution is 0.0729. The van der Waals surface area contributed by atoms with E-state index in [1.165, 1.54) is 13.2 Å². The zero-order valence-electron chi connectivity index (χ0n) is 15.1. The second kappa shape index (κ2) is 9.15. The number of carbonyl (C=O) groups is 2. The number of benzene rings is 3. The molecule has 3 rings (SSSR count). The molecule has 0 aliphatic heterocycles.